The van der Waals surface area contributed by atoms with Crippen molar-refractivity contribution in [2.75, 3.05) is 0 Å². The molecule has 0 aromatic rings. The minimum absolute atomic E-state index is 0.458. The van der Waals surface area contributed by atoms with Gasteiger partial charge in [-0.2, -0.15) is 0 Å². The van der Waals surface area contributed by atoms with Gasteiger partial charge >= 0.3 is 0 Å². The van der Waals surface area contributed by atoms with Gasteiger partial charge in [-0.15, -0.1) is 6.58 Å². The molecule has 3 atom stereocenters. The lowest BCUT2D eigenvalue weighted by Gasteiger charge is -2.36. The lowest BCUT2D eigenvalue weighted by Crippen LogP contribution is -2.44. The summed E-state index contributed by atoms with van der Waals surface area (Å²) in [6.07, 6.45) is 7.57. The van der Waals surface area contributed by atoms with Crippen molar-refractivity contribution in [2.24, 2.45) is 11.8 Å². The summed E-state index contributed by atoms with van der Waals surface area (Å²) in [6.45, 7) is 10.7. The Morgan fingerprint density at radius 1 is 1.21 bits per heavy atom. The maximum atomic E-state index is 3.83. The highest BCUT2D eigenvalue weighted by atomic mass is 14.9. The van der Waals surface area contributed by atoms with E-state index in [0.717, 1.165) is 17.9 Å². The molecule has 0 radical (unpaired) electrons. The van der Waals surface area contributed by atoms with Crippen LogP contribution < -0.4 is 5.32 Å². The standard InChI is InChI=1S/C13H25N/c1-5-11(4)14-13-9-7-6-8-12(13)10(2)3/h5,10-14H,1,6-9H2,2-4H3. The van der Waals surface area contributed by atoms with E-state index in [1.165, 1.54) is 25.7 Å². The Morgan fingerprint density at radius 2 is 1.86 bits per heavy atom. The second-order valence-electron chi connectivity index (χ2n) is 4.99. The first-order valence-electron chi connectivity index (χ1n) is 6.03. The average molecular weight is 195 g/mol. The molecule has 1 aliphatic rings. The molecule has 1 aliphatic carbocycles. The third-order valence-electron chi connectivity index (χ3n) is 3.51. The van der Waals surface area contributed by atoms with Crippen LogP contribution in [0.5, 0.6) is 0 Å². The smallest absolute Gasteiger partial charge is 0.0221 e. The molecule has 0 heterocycles. The van der Waals surface area contributed by atoms with E-state index in [-0.39, 0.29) is 0 Å². The monoisotopic (exact) mass is 195 g/mol. The van der Waals surface area contributed by atoms with Gasteiger partial charge in [0.05, 0.1) is 0 Å². The zero-order valence-corrected chi connectivity index (χ0v) is 9.92. The van der Waals surface area contributed by atoms with Crippen LogP contribution in [0.3, 0.4) is 0 Å². The molecule has 0 saturated heterocycles. The Balaban J connectivity index is 2.49. The fourth-order valence-corrected chi connectivity index (χ4v) is 2.57. The summed E-state index contributed by atoms with van der Waals surface area (Å²) in [5, 5.41) is 3.68. The quantitative estimate of drug-likeness (QED) is 0.678. The van der Waals surface area contributed by atoms with Crippen molar-refractivity contribution in [3.8, 4) is 0 Å². The Morgan fingerprint density at radius 3 is 2.43 bits per heavy atom. The summed E-state index contributed by atoms with van der Waals surface area (Å²) in [4.78, 5) is 0. The molecule has 0 aromatic heterocycles. The van der Waals surface area contributed by atoms with Gasteiger partial charge in [0, 0.05) is 12.1 Å². The van der Waals surface area contributed by atoms with Gasteiger partial charge in [0.2, 0.25) is 0 Å². The van der Waals surface area contributed by atoms with Crippen LogP contribution in [0, 0.1) is 11.8 Å². The minimum atomic E-state index is 0.458. The van der Waals surface area contributed by atoms with Gasteiger partial charge in [-0.25, -0.2) is 0 Å². The van der Waals surface area contributed by atoms with Gasteiger partial charge in [-0.1, -0.05) is 32.8 Å². The summed E-state index contributed by atoms with van der Waals surface area (Å²) >= 11 is 0. The van der Waals surface area contributed by atoms with Gasteiger partial charge in [0.25, 0.3) is 0 Å². The largest absolute Gasteiger partial charge is 0.308 e. The minimum Gasteiger partial charge on any atom is -0.308 e. The number of hydrogen-bond donors (Lipinski definition) is 1. The number of rotatable bonds is 4. The van der Waals surface area contributed by atoms with E-state index < -0.39 is 0 Å². The Bertz CT molecular complexity index is 174. The van der Waals surface area contributed by atoms with Crippen molar-refractivity contribution in [1.29, 1.82) is 0 Å². The third kappa shape index (κ3) is 3.13. The zero-order chi connectivity index (χ0) is 10.6. The molecule has 1 rings (SSSR count). The van der Waals surface area contributed by atoms with Crippen molar-refractivity contribution in [2.45, 2.75) is 58.5 Å². The maximum Gasteiger partial charge on any atom is 0.0221 e. The average Bonchev–Trinajstić information content (AvgIpc) is 2.18. The van der Waals surface area contributed by atoms with Gasteiger partial charge in [-0.3, -0.25) is 0 Å². The highest BCUT2D eigenvalue weighted by molar-refractivity contribution is 4.89. The Labute approximate surface area is 89.0 Å². The molecule has 1 fully saturated rings. The molecule has 1 N–H and O–H groups in total. The summed E-state index contributed by atoms with van der Waals surface area (Å²) in [5.41, 5.74) is 0. The van der Waals surface area contributed by atoms with Crippen molar-refractivity contribution < 1.29 is 0 Å². The maximum absolute atomic E-state index is 3.83. The first-order chi connectivity index (χ1) is 6.65. The van der Waals surface area contributed by atoms with E-state index in [0.29, 0.717) is 6.04 Å². The molecule has 0 bridgehead atoms. The highest BCUT2D eigenvalue weighted by Gasteiger charge is 2.27. The Kier molecular flexibility index (Phi) is 4.67. The molecule has 14 heavy (non-hydrogen) atoms. The number of hydrogen-bond acceptors (Lipinski definition) is 1. The van der Waals surface area contributed by atoms with Crippen LogP contribution in [0.15, 0.2) is 12.7 Å². The van der Waals surface area contributed by atoms with Crippen molar-refractivity contribution in [1.82, 2.24) is 5.32 Å². The summed E-state index contributed by atoms with van der Waals surface area (Å²) < 4.78 is 0. The molecule has 3 unspecified atom stereocenters. The molecular formula is C13H25N. The van der Waals surface area contributed by atoms with E-state index in [4.69, 9.17) is 0 Å². The predicted octanol–water partition coefficient (Wildman–Crippen LogP) is 3.37. The van der Waals surface area contributed by atoms with Crippen molar-refractivity contribution >= 4 is 0 Å². The van der Waals surface area contributed by atoms with Crippen LogP contribution in [0.1, 0.15) is 46.5 Å². The second-order valence-corrected chi connectivity index (χ2v) is 4.99. The predicted molar refractivity (Wildman–Crippen MR) is 63.4 cm³/mol. The Hall–Kier alpha value is -0.300. The first kappa shape index (κ1) is 11.8. The molecular weight excluding hydrogens is 170 g/mol. The van der Waals surface area contributed by atoms with E-state index in [2.05, 4.69) is 32.7 Å². The van der Waals surface area contributed by atoms with Gasteiger partial charge in [0.1, 0.15) is 0 Å². The molecule has 1 nitrogen and oxygen atoms in total. The lowest BCUT2D eigenvalue weighted by molar-refractivity contribution is 0.201. The number of nitrogens with one attached hydrogen (secondary N) is 1. The zero-order valence-electron chi connectivity index (χ0n) is 9.92. The van der Waals surface area contributed by atoms with E-state index in [1.807, 2.05) is 6.08 Å². The van der Waals surface area contributed by atoms with Crippen LogP contribution in [-0.4, -0.2) is 12.1 Å². The highest BCUT2D eigenvalue weighted by Crippen LogP contribution is 2.30. The summed E-state index contributed by atoms with van der Waals surface area (Å²) in [5.74, 6) is 1.68. The van der Waals surface area contributed by atoms with Crippen molar-refractivity contribution in [3.63, 3.8) is 0 Å². The summed E-state index contributed by atoms with van der Waals surface area (Å²) in [7, 11) is 0. The van der Waals surface area contributed by atoms with Gasteiger partial charge in [-0.05, 0) is 31.6 Å². The van der Waals surface area contributed by atoms with Crippen LogP contribution in [0.25, 0.3) is 0 Å². The van der Waals surface area contributed by atoms with Crippen LogP contribution >= 0.6 is 0 Å². The van der Waals surface area contributed by atoms with E-state index in [1.54, 1.807) is 0 Å². The summed E-state index contributed by atoms with van der Waals surface area (Å²) in [6, 6.07) is 1.18. The van der Waals surface area contributed by atoms with E-state index in [9.17, 15) is 0 Å². The van der Waals surface area contributed by atoms with Crippen LogP contribution in [0.4, 0.5) is 0 Å². The molecule has 1 saturated carbocycles. The molecule has 0 spiro atoms. The van der Waals surface area contributed by atoms with Crippen molar-refractivity contribution in [3.05, 3.63) is 12.7 Å². The SMILES string of the molecule is C=CC(C)NC1CCCCC1C(C)C. The normalized spacial score (nSPS) is 30.3. The molecule has 1 heteroatoms. The molecule has 82 valence electrons. The lowest BCUT2D eigenvalue weighted by atomic mass is 9.77. The molecule has 0 aliphatic heterocycles. The van der Waals surface area contributed by atoms with E-state index >= 15 is 0 Å². The second kappa shape index (κ2) is 5.55. The van der Waals surface area contributed by atoms with Gasteiger partial charge < -0.3 is 5.32 Å². The molecule has 0 aromatic carbocycles. The first-order valence-corrected chi connectivity index (χ1v) is 6.03. The topological polar surface area (TPSA) is 12.0 Å². The van der Waals surface area contributed by atoms with Crippen LogP contribution in [0.2, 0.25) is 0 Å². The molecule has 0 amide bonds. The fraction of sp³-hybridized carbons (Fsp3) is 0.846. The van der Waals surface area contributed by atoms with Crippen LogP contribution in [-0.2, 0) is 0 Å². The fourth-order valence-electron chi connectivity index (χ4n) is 2.57. The third-order valence-corrected chi connectivity index (χ3v) is 3.51. The van der Waals surface area contributed by atoms with Gasteiger partial charge in [0.15, 0.2) is 0 Å².